The second-order valence-electron chi connectivity index (χ2n) is 7.85. The van der Waals surface area contributed by atoms with Crippen LogP contribution in [0.15, 0.2) is 40.1 Å². The van der Waals surface area contributed by atoms with Gasteiger partial charge >= 0.3 is 5.69 Å². The summed E-state index contributed by atoms with van der Waals surface area (Å²) in [7, 11) is 5.03. The van der Waals surface area contributed by atoms with Crippen molar-refractivity contribution in [1.82, 2.24) is 9.13 Å². The van der Waals surface area contributed by atoms with Crippen LogP contribution in [-0.4, -0.2) is 23.4 Å². The van der Waals surface area contributed by atoms with Crippen LogP contribution in [0, 0.1) is 20.8 Å². The third kappa shape index (κ3) is 3.88. The Morgan fingerprint density at radius 2 is 1.55 bits per heavy atom. The van der Waals surface area contributed by atoms with Crippen molar-refractivity contribution in [3.05, 3.63) is 68.6 Å². The lowest BCUT2D eigenvalue weighted by Gasteiger charge is -2.24. The van der Waals surface area contributed by atoms with Crippen LogP contribution < -0.4 is 20.7 Å². The van der Waals surface area contributed by atoms with Crippen molar-refractivity contribution in [2.75, 3.05) is 14.2 Å². The third-order valence-corrected chi connectivity index (χ3v) is 5.77. The van der Waals surface area contributed by atoms with Crippen molar-refractivity contribution < 1.29 is 9.47 Å². The summed E-state index contributed by atoms with van der Waals surface area (Å²) in [6.07, 6.45) is 0.759. The van der Waals surface area contributed by atoms with Crippen molar-refractivity contribution >= 4 is 18.1 Å². The third-order valence-electron chi connectivity index (χ3n) is 5.77. The molecule has 2 aromatic carbocycles. The molecule has 4 rings (SSSR count). The van der Waals surface area contributed by atoms with Crippen LogP contribution in [-0.2, 0) is 20.0 Å². The Labute approximate surface area is 188 Å². The van der Waals surface area contributed by atoms with Gasteiger partial charge in [0.1, 0.15) is 5.49 Å². The molecule has 0 aliphatic carbocycles. The lowest BCUT2D eigenvalue weighted by Crippen LogP contribution is -2.40. The van der Waals surface area contributed by atoms with Gasteiger partial charge in [0, 0.05) is 25.2 Å². The predicted octanol–water partition coefficient (Wildman–Crippen LogP) is 4.01. The quantitative estimate of drug-likeness (QED) is 0.617. The summed E-state index contributed by atoms with van der Waals surface area (Å²) in [5.41, 5.74) is 7.81. The van der Waals surface area contributed by atoms with Gasteiger partial charge in [0.05, 0.1) is 25.6 Å². The van der Waals surface area contributed by atoms with Crippen molar-refractivity contribution in [3.63, 3.8) is 0 Å². The van der Waals surface area contributed by atoms with E-state index in [-0.39, 0.29) is 18.1 Å². The molecule has 0 saturated carbocycles. The summed E-state index contributed by atoms with van der Waals surface area (Å²) in [6.45, 7) is 6.80. The van der Waals surface area contributed by atoms with Crippen molar-refractivity contribution in [2.24, 2.45) is 12.0 Å². The molecule has 0 radical (unpaired) electrons. The second kappa shape index (κ2) is 8.63. The molecule has 1 aromatic heterocycles. The molecule has 31 heavy (non-hydrogen) atoms. The van der Waals surface area contributed by atoms with E-state index >= 15 is 0 Å². The molecule has 164 valence electrons. The van der Waals surface area contributed by atoms with E-state index in [9.17, 15) is 4.79 Å². The topological polar surface area (TPSA) is 57.8 Å². The minimum Gasteiger partial charge on any atom is -0.493 e. The Balaban J connectivity index is 0.00000272. The molecule has 7 heteroatoms. The maximum atomic E-state index is 13.1. The first kappa shape index (κ1) is 22.7. The second-order valence-corrected chi connectivity index (χ2v) is 7.85. The highest BCUT2D eigenvalue weighted by atomic mass is 35.5. The predicted molar refractivity (Wildman–Crippen MR) is 125 cm³/mol. The summed E-state index contributed by atoms with van der Waals surface area (Å²) < 4.78 is 14.4. The van der Waals surface area contributed by atoms with Gasteiger partial charge in [0.2, 0.25) is 0 Å². The standard InChI is InChI=1S/C24H27N3O3.ClH/c1-14-9-15(2)23(16(3)10-14)25-22-13-19-18-12-21(30-6)20(29-5)11-17(18)7-8-27(19)24(28)26(22)4;/h9-13H,7-8H2,1-6H3;1H/b25-22-;. The van der Waals surface area contributed by atoms with Crippen LogP contribution in [0.4, 0.5) is 5.69 Å². The number of rotatable bonds is 3. The number of methoxy groups -OCH3 is 2. The van der Waals surface area contributed by atoms with Gasteiger partial charge in [-0.05, 0) is 56.0 Å². The number of nitrogens with zero attached hydrogens (tertiary/aromatic N) is 3. The van der Waals surface area contributed by atoms with Crippen molar-refractivity contribution in [1.29, 1.82) is 0 Å². The zero-order chi connectivity index (χ0) is 21.6. The average Bonchev–Trinajstić information content (AvgIpc) is 2.72. The van der Waals surface area contributed by atoms with E-state index in [0.29, 0.717) is 23.5 Å². The summed E-state index contributed by atoms with van der Waals surface area (Å²) in [4.78, 5) is 18.0. The summed E-state index contributed by atoms with van der Waals surface area (Å²) >= 11 is 0. The van der Waals surface area contributed by atoms with E-state index in [1.807, 2.05) is 22.8 Å². The minimum absolute atomic E-state index is 0. The first-order chi connectivity index (χ1) is 14.3. The zero-order valence-electron chi connectivity index (χ0n) is 18.8. The Hall–Kier alpha value is -2.99. The molecule has 0 N–H and O–H groups in total. The van der Waals surface area contributed by atoms with E-state index < -0.39 is 0 Å². The molecule has 1 aliphatic heterocycles. The first-order valence-corrected chi connectivity index (χ1v) is 10.0. The number of ether oxygens (including phenoxy) is 2. The average molecular weight is 442 g/mol. The molecule has 0 spiro atoms. The van der Waals surface area contributed by atoms with Gasteiger partial charge in [-0.1, -0.05) is 17.7 Å². The van der Waals surface area contributed by atoms with Gasteiger partial charge in [-0.2, -0.15) is 0 Å². The van der Waals surface area contributed by atoms with Crippen LogP contribution in [0.3, 0.4) is 0 Å². The number of halogens is 1. The summed E-state index contributed by atoms with van der Waals surface area (Å²) in [5, 5.41) is 0. The Kier molecular flexibility index (Phi) is 6.32. The molecule has 6 nitrogen and oxygen atoms in total. The van der Waals surface area contributed by atoms with Gasteiger partial charge in [0.25, 0.3) is 0 Å². The highest BCUT2D eigenvalue weighted by Crippen LogP contribution is 2.37. The highest BCUT2D eigenvalue weighted by molar-refractivity contribution is 5.85. The maximum absolute atomic E-state index is 13.1. The number of aryl methyl sites for hydroxylation is 4. The molecule has 2 heterocycles. The Bertz CT molecular complexity index is 1270. The van der Waals surface area contributed by atoms with E-state index in [1.165, 1.54) is 5.56 Å². The SMILES string of the molecule is COc1cc2c(cc1OC)-c1c/c(=N/c3c(C)cc(C)cc3C)n(C)c(=O)n1CC2.Cl. The van der Waals surface area contributed by atoms with E-state index in [2.05, 4.69) is 32.9 Å². The van der Waals surface area contributed by atoms with Crippen LogP contribution in [0.25, 0.3) is 11.3 Å². The Morgan fingerprint density at radius 3 is 2.16 bits per heavy atom. The summed E-state index contributed by atoms with van der Waals surface area (Å²) in [5.74, 6) is 1.35. The number of benzene rings is 2. The lowest BCUT2D eigenvalue weighted by atomic mass is 9.97. The summed E-state index contributed by atoms with van der Waals surface area (Å²) in [6, 6.07) is 10.2. The van der Waals surface area contributed by atoms with E-state index in [0.717, 1.165) is 40.1 Å². The van der Waals surface area contributed by atoms with E-state index in [4.69, 9.17) is 14.5 Å². The van der Waals surface area contributed by atoms with Gasteiger partial charge in [-0.25, -0.2) is 9.79 Å². The molecule has 0 bridgehead atoms. The molecule has 0 atom stereocenters. The molecular weight excluding hydrogens is 414 g/mol. The van der Waals surface area contributed by atoms with E-state index in [1.54, 1.807) is 25.8 Å². The highest BCUT2D eigenvalue weighted by Gasteiger charge is 2.21. The number of aromatic nitrogens is 2. The largest absolute Gasteiger partial charge is 0.493 e. The lowest BCUT2D eigenvalue weighted by molar-refractivity contribution is 0.354. The Morgan fingerprint density at radius 1 is 0.935 bits per heavy atom. The normalized spacial score (nSPS) is 12.6. The van der Waals surface area contributed by atoms with Crippen LogP contribution in [0.1, 0.15) is 22.3 Å². The monoisotopic (exact) mass is 441 g/mol. The first-order valence-electron chi connectivity index (χ1n) is 10.0. The molecule has 0 fully saturated rings. The number of hydrogen-bond acceptors (Lipinski definition) is 4. The molecule has 0 amide bonds. The van der Waals surface area contributed by atoms with Crippen LogP contribution >= 0.6 is 12.4 Å². The zero-order valence-corrected chi connectivity index (χ0v) is 19.6. The number of hydrogen-bond donors (Lipinski definition) is 0. The fourth-order valence-corrected chi connectivity index (χ4v) is 4.29. The van der Waals surface area contributed by atoms with Crippen LogP contribution in [0.2, 0.25) is 0 Å². The molecule has 0 unspecified atom stereocenters. The van der Waals surface area contributed by atoms with Crippen LogP contribution in [0.5, 0.6) is 11.5 Å². The molecule has 0 saturated heterocycles. The fourth-order valence-electron chi connectivity index (χ4n) is 4.29. The number of fused-ring (bicyclic) bond motifs is 3. The molecule has 1 aliphatic rings. The van der Waals surface area contributed by atoms with Gasteiger partial charge in [-0.3, -0.25) is 9.13 Å². The smallest absolute Gasteiger partial charge is 0.329 e. The molecular formula is C24H28ClN3O3. The van der Waals surface area contributed by atoms with Gasteiger partial charge < -0.3 is 9.47 Å². The van der Waals surface area contributed by atoms with Crippen molar-refractivity contribution in [2.45, 2.75) is 33.7 Å². The van der Waals surface area contributed by atoms with Gasteiger partial charge in [-0.15, -0.1) is 12.4 Å². The minimum atomic E-state index is -0.0749. The fraction of sp³-hybridized carbons (Fsp3) is 0.333. The van der Waals surface area contributed by atoms with Crippen molar-refractivity contribution in [3.8, 4) is 22.8 Å². The maximum Gasteiger partial charge on any atom is 0.329 e. The van der Waals surface area contributed by atoms with Gasteiger partial charge in [0.15, 0.2) is 11.5 Å². The molecule has 3 aromatic rings.